The molecule has 0 radical (unpaired) electrons. The molecule has 10 heteroatoms. The Hall–Kier alpha value is -0.400. The number of fused-ring (bicyclic) bond motifs is 2. The van der Waals surface area contributed by atoms with E-state index >= 15 is 0 Å². The Bertz CT molecular complexity index is 1200. The first kappa shape index (κ1) is 34.1. The van der Waals surface area contributed by atoms with Crippen molar-refractivity contribution < 1.29 is 50.0 Å². The molecule has 5 saturated carbocycles. The van der Waals surface area contributed by atoms with E-state index in [4.69, 9.17) is 14.2 Å². The first-order chi connectivity index (χ1) is 21.2. The van der Waals surface area contributed by atoms with E-state index in [2.05, 4.69) is 34.6 Å². The minimum atomic E-state index is -1.53. The highest BCUT2D eigenvalue weighted by Gasteiger charge is 2.85. The average Bonchev–Trinajstić information content (AvgIpc) is 3.33. The van der Waals surface area contributed by atoms with E-state index in [-0.39, 0.29) is 45.5 Å². The van der Waals surface area contributed by atoms with E-state index in [0.717, 1.165) is 38.5 Å². The van der Waals surface area contributed by atoms with Gasteiger partial charge in [0.2, 0.25) is 0 Å². The molecule has 7 N–H and O–H groups in total. The topological polar surface area (TPSA) is 169 Å². The second-order valence-corrected chi connectivity index (χ2v) is 18.7. The van der Waals surface area contributed by atoms with Gasteiger partial charge in [-0.3, -0.25) is 0 Å². The molecule has 0 aromatic rings. The molecule has 10 nitrogen and oxygen atoms in total. The van der Waals surface area contributed by atoms with Crippen molar-refractivity contribution in [1.29, 1.82) is 0 Å². The predicted molar refractivity (Wildman–Crippen MR) is 167 cm³/mol. The van der Waals surface area contributed by atoms with Crippen LogP contribution in [0.2, 0.25) is 0 Å². The monoisotopic (exact) mass is 652 g/mol. The lowest BCUT2D eigenvalue weighted by Gasteiger charge is -2.65. The van der Waals surface area contributed by atoms with Crippen LogP contribution < -0.4 is 0 Å². The molecule has 17 atom stereocenters. The molecule has 1 unspecified atom stereocenters. The molecule has 0 amide bonds. The summed E-state index contributed by atoms with van der Waals surface area (Å²) in [4.78, 5) is 0. The van der Waals surface area contributed by atoms with Crippen LogP contribution in [-0.2, 0) is 14.2 Å². The van der Waals surface area contributed by atoms with E-state index in [1.165, 1.54) is 0 Å². The lowest BCUT2D eigenvalue weighted by molar-refractivity contribution is -0.331. The summed E-state index contributed by atoms with van der Waals surface area (Å²) in [5.41, 5.74) is -2.50. The summed E-state index contributed by atoms with van der Waals surface area (Å²) < 4.78 is 19.4. The van der Waals surface area contributed by atoms with Crippen LogP contribution in [0, 0.1) is 44.8 Å². The van der Waals surface area contributed by atoms with Gasteiger partial charge < -0.3 is 50.0 Å². The number of hydrogen-bond donors (Lipinski definition) is 7. The van der Waals surface area contributed by atoms with Crippen LogP contribution in [0.5, 0.6) is 0 Å². The standard InChI is InChI=1S/C36H60O10/c1-30(2)22(39)8-11-36-17-35(36)13-12-32(5)27(34(7)10-9-23(46-34)31(3,4)43)18(38)15-33(32,6)21(35)14-19(28(30)36)44-29-26(42)25(41)24(40)20(16-37)45-29/h18-29,37-43H,8-17H2,1-7H3/t18-,19-,20+,21-,22-,23?,24+,25-,26+,27-,28-,29+,32+,33-,34+,35-,36+/m0/s1. The maximum absolute atomic E-state index is 12.0. The lowest BCUT2D eigenvalue weighted by atomic mass is 9.41. The highest BCUT2D eigenvalue weighted by molar-refractivity contribution is 5.33. The molecule has 0 aromatic heterocycles. The maximum Gasteiger partial charge on any atom is 0.186 e. The summed E-state index contributed by atoms with van der Waals surface area (Å²) in [5.74, 6) is 0.0768. The van der Waals surface area contributed by atoms with Gasteiger partial charge in [-0.25, -0.2) is 0 Å². The smallest absolute Gasteiger partial charge is 0.186 e. The Morgan fingerprint density at radius 3 is 2.13 bits per heavy atom. The van der Waals surface area contributed by atoms with Crippen LogP contribution in [0.15, 0.2) is 0 Å². The van der Waals surface area contributed by atoms with E-state index in [1.807, 2.05) is 0 Å². The van der Waals surface area contributed by atoms with E-state index in [0.29, 0.717) is 19.3 Å². The number of aliphatic hydroxyl groups is 7. The van der Waals surface area contributed by atoms with Gasteiger partial charge in [-0.2, -0.15) is 0 Å². The molecule has 46 heavy (non-hydrogen) atoms. The summed E-state index contributed by atoms with van der Waals surface area (Å²) >= 11 is 0. The molecule has 2 aliphatic heterocycles. The molecule has 264 valence electrons. The van der Waals surface area contributed by atoms with Crippen molar-refractivity contribution in [2.24, 2.45) is 44.8 Å². The number of ether oxygens (including phenoxy) is 3. The normalized spacial score (nSPS) is 59.3. The molecule has 7 aliphatic rings. The van der Waals surface area contributed by atoms with Crippen molar-refractivity contribution >= 4 is 0 Å². The van der Waals surface area contributed by atoms with E-state index < -0.39 is 72.2 Å². The number of hydrogen-bond acceptors (Lipinski definition) is 10. The SMILES string of the molecule is CC(C)(O)C1CC[C@](C)([C@H]2[C@@H](O)C[C@@]3(C)[C@@H]4C[C@H](O[C@@H]5O[C@H](CO)[C@@H](O)[C@H](O)[C@H]5O)[C@H]5C(C)(C)[C@@H](O)CC[C@@]56C[C@@]46CC[C@]23C)O1. The zero-order chi connectivity index (χ0) is 33.6. The molecule has 7 rings (SSSR count). The molecular weight excluding hydrogens is 592 g/mol. The summed E-state index contributed by atoms with van der Waals surface area (Å²) in [7, 11) is 0. The van der Waals surface area contributed by atoms with Crippen LogP contribution in [0.1, 0.15) is 106 Å². The zero-order valence-corrected chi connectivity index (χ0v) is 28.9. The molecule has 2 saturated heterocycles. The minimum Gasteiger partial charge on any atom is -0.394 e. The number of rotatable bonds is 5. The molecule has 7 fully saturated rings. The van der Waals surface area contributed by atoms with Crippen molar-refractivity contribution in [1.82, 2.24) is 0 Å². The van der Waals surface area contributed by atoms with Gasteiger partial charge in [-0.1, -0.05) is 27.7 Å². The fraction of sp³-hybridized carbons (Fsp3) is 1.00. The quantitative estimate of drug-likeness (QED) is 0.219. The van der Waals surface area contributed by atoms with Crippen LogP contribution >= 0.6 is 0 Å². The first-order valence-electron chi connectivity index (χ1n) is 17.9. The molecular formula is C36H60O10. The van der Waals surface area contributed by atoms with Gasteiger partial charge in [-0.15, -0.1) is 0 Å². The van der Waals surface area contributed by atoms with Crippen molar-refractivity contribution in [2.75, 3.05) is 6.61 Å². The fourth-order valence-electron chi connectivity index (χ4n) is 13.6. The van der Waals surface area contributed by atoms with E-state index in [1.54, 1.807) is 13.8 Å². The highest BCUT2D eigenvalue weighted by atomic mass is 16.7. The fourth-order valence-corrected chi connectivity index (χ4v) is 13.6. The van der Waals surface area contributed by atoms with Crippen molar-refractivity contribution in [2.45, 2.75) is 173 Å². The van der Waals surface area contributed by atoms with Crippen LogP contribution in [0.3, 0.4) is 0 Å². The summed E-state index contributed by atoms with van der Waals surface area (Å²) in [6.07, 6.45) is -1.07. The molecule has 0 aromatic carbocycles. The van der Waals surface area contributed by atoms with Crippen molar-refractivity contribution in [3.05, 3.63) is 0 Å². The second-order valence-electron chi connectivity index (χ2n) is 18.7. The Kier molecular flexibility index (Phi) is 7.65. The van der Waals surface area contributed by atoms with Gasteiger partial charge in [-0.05, 0) is 117 Å². The largest absolute Gasteiger partial charge is 0.394 e. The third kappa shape index (κ3) is 4.24. The van der Waals surface area contributed by atoms with Crippen molar-refractivity contribution in [3.8, 4) is 0 Å². The van der Waals surface area contributed by atoms with E-state index in [9.17, 15) is 35.7 Å². The third-order valence-corrected chi connectivity index (χ3v) is 15.9. The van der Waals surface area contributed by atoms with Gasteiger partial charge in [0.15, 0.2) is 6.29 Å². The van der Waals surface area contributed by atoms with Crippen LogP contribution in [-0.4, -0.2) is 109 Å². The Morgan fingerprint density at radius 2 is 1.50 bits per heavy atom. The summed E-state index contributed by atoms with van der Waals surface area (Å²) in [5, 5.41) is 76.2. The Morgan fingerprint density at radius 1 is 0.804 bits per heavy atom. The van der Waals surface area contributed by atoms with Gasteiger partial charge >= 0.3 is 0 Å². The minimum absolute atomic E-state index is 0.0225. The first-order valence-corrected chi connectivity index (χ1v) is 17.9. The summed E-state index contributed by atoms with van der Waals surface area (Å²) in [6.45, 7) is 14.2. The molecule has 2 spiro atoms. The molecule has 0 bridgehead atoms. The highest BCUT2D eigenvalue weighted by Crippen LogP contribution is 2.89. The average molecular weight is 653 g/mol. The third-order valence-electron chi connectivity index (χ3n) is 15.9. The van der Waals surface area contributed by atoms with Crippen LogP contribution in [0.25, 0.3) is 0 Å². The zero-order valence-electron chi connectivity index (χ0n) is 28.9. The van der Waals surface area contributed by atoms with Crippen molar-refractivity contribution in [3.63, 3.8) is 0 Å². The van der Waals surface area contributed by atoms with Crippen LogP contribution in [0.4, 0.5) is 0 Å². The predicted octanol–water partition coefficient (Wildman–Crippen LogP) is 2.26. The Balaban J connectivity index is 1.26. The number of aliphatic hydroxyl groups excluding tert-OH is 6. The van der Waals surface area contributed by atoms with Gasteiger partial charge in [0, 0.05) is 5.92 Å². The maximum atomic E-state index is 12.0. The summed E-state index contributed by atoms with van der Waals surface area (Å²) in [6, 6.07) is 0. The molecule has 2 heterocycles. The van der Waals surface area contributed by atoms with Gasteiger partial charge in [0.1, 0.15) is 24.4 Å². The van der Waals surface area contributed by atoms with Gasteiger partial charge in [0.25, 0.3) is 0 Å². The second kappa shape index (κ2) is 10.3. The molecule has 5 aliphatic carbocycles. The van der Waals surface area contributed by atoms with Gasteiger partial charge in [0.05, 0.1) is 42.2 Å². The Labute approximate surface area is 273 Å². The lowest BCUT2D eigenvalue weighted by Crippen LogP contribution is -2.64.